The highest BCUT2D eigenvalue weighted by Crippen LogP contribution is 2.34. The molecule has 0 aliphatic carbocycles. The molecule has 34 heavy (non-hydrogen) atoms. The largest absolute Gasteiger partial charge is 0.491 e. The van der Waals surface area contributed by atoms with E-state index in [-0.39, 0.29) is 30.9 Å². The van der Waals surface area contributed by atoms with Crippen molar-refractivity contribution in [2.45, 2.75) is 45.8 Å². The molecule has 1 N–H and O–H groups in total. The summed E-state index contributed by atoms with van der Waals surface area (Å²) in [6.45, 7) is 9.37. The molecule has 1 aromatic carbocycles. The number of carbonyl (C=O) groups excluding carboxylic acids is 1. The third kappa shape index (κ3) is 7.77. The molecule has 0 radical (unpaired) electrons. The van der Waals surface area contributed by atoms with Crippen LogP contribution in [0.2, 0.25) is 0 Å². The van der Waals surface area contributed by atoms with Gasteiger partial charge in [-0.15, -0.1) is 11.3 Å². The lowest BCUT2D eigenvalue weighted by molar-refractivity contribution is -0.136. The third-order valence-corrected chi connectivity index (χ3v) is 6.76. The van der Waals surface area contributed by atoms with E-state index >= 15 is 0 Å². The Bertz CT molecular complexity index is 889. The summed E-state index contributed by atoms with van der Waals surface area (Å²) in [4.78, 5) is 18.6. The first-order valence-electron chi connectivity index (χ1n) is 12.1. The molecule has 188 valence electrons. The Hall–Kier alpha value is -2.00. The molecule has 8 heteroatoms. The van der Waals surface area contributed by atoms with Crippen LogP contribution >= 0.6 is 11.3 Å². The highest BCUT2D eigenvalue weighted by atomic mass is 32.1. The number of thiophene rings is 1. The Morgan fingerprint density at radius 3 is 2.74 bits per heavy atom. The topological polar surface area (TPSA) is 62.2 Å². The van der Waals surface area contributed by atoms with Crippen molar-refractivity contribution in [1.29, 1.82) is 0 Å². The highest BCUT2D eigenvalue weighted by Gasteiger charge is 2.33. The van der Waals surface area contributed by atoms with Crippen LogP contribution in [0, 0.1) is 11.7 Å². The van der Waals surface area contributed by atoms with Crippen LogP contribution in [0.15, 0.2) is 35.7 Å². The zero-order valence-corrected chi connectivity index (χ0v) is 21.2. The summed E-state index contributed by atoms with van der Waals surface area (Å²) in [5, 5.41) is 12.5. The van der Waals surface area contributed by atoms with E-state index in [2.05, 4.69) is 32.2 Å². The number of ether oxygens (including phenoxy) is 2. The number of carbonyl (C=O) groups is 1. The van der Waals surface area contributed by atoms with Crippen LogP contribution in [0.1, 0.15) is 43.7 Å². The van der Waals surface area contributed by atoms with Crippen LogP contribution in [0.25, 0.3) is 0 Å². The molecule has 2 aromatic rings. The van der Waals surface area contributed by atoms with E-state index in [9.17, 15) is 14.3 Å². The fourth-order valence-corrected chi connectivity index (χ4v) is 5.13. The van der Waals surface area contributed by atoms with Crippen molar-refractivity contribution < 1.29 is 23.8 Å². The second-order valence-electron chi connectivity index (χ2n) is 9.24. The molecule has 1 amide bonds. The van der Waals surface area contributed by atoms with E-state index in [0.717, 1.165) is 24.9 Å². The van der Waals surface area contributed by atoms with Gasteiger partial charge in [0.05, 0.1) is 25.3 Å². The van der Waals surface area contributed by atoms with Crippen molar-refractivity contribution in [2.75, 3.05) is 46.0 Å². The molecular formula is C26H37FN2O4S. The number of halogens is 1. The molecule has 3 rings (SSSR count). The lowest BCUT2D eigenvalue weighted by Crippen LogP contribution is -2.48. The Kier molecular flexibility index (Phi) is 10.3. The van der Waals surface area contributed by atoms with Gasteiger partial charge in [0.15, 0.2) is 0 Å². The van der Waals surface area contributed by atoms with E-state index in [4.69, 9.17) is 9.47 Å². The first kappa shape index (κ1) is 26.6. The van der Waals surface area contributed by atoms with Crippen molar-refractivity contribution >= 4 is 17.2 Å². The molecule has 2 heterocycles. The maximum absolute atomic E-state index is 13.4. The van der Waals surface area contributed by atoms with Crippen LogP contribution in [0.3, 0.4) is 0 Å². The average molecular weight is 493 g/mol. The quantitative estimate of drug-likeness (QED) is 0.455. The number of rotatable bonds is 13. The van der Waals surface area contributed by atoms with Crippen LogP contribution in [0.4, 0.5) is 4.39 Å². The minimum atomic E-state index is -0.638. The predicted molar refractivity (Wildman–Crippen MR) is 133 cm³/mol. The van der Waals surface area contributed by atoms with E-state index < -0.39 is 6.10 Å². The van der Waals surface area contributed by atoms with Gasteiger partial charge in [0.2, 0.25) is 5.91 Å². The number of hydrogen-bond donors (Lipinski definition) is 1. The second kappa shape index (κ2) is 13.2. The van der Waals surface area contributed by atoms with Gasteiger partial charge in [-0.1, -0.05) is 20.8 Å². The summed E-state index contributed by atoms with van der Waals surface area (Å²) in [6, 6.07) is 7.81. The summed E-state index contributed by atoms with van der Waals surface area (Å²) < 4.78 is 24.8. The van der Waals surface area contributed by atoms with E-state index in [1.807, 2.05) is 9.80 Å². The summed E-state index contributed by atoms with van der Waals surface area (Å²) in [5.41, 5.74) is 1.12. The van der Waals surface area contributed by atoms with Crippen molar-refractivity contribution in [3.05, 3.63) is 52.0 Å². The average Bonchev–Trinajstić information content (AvgIpc) is 3.27. The number of amides is 1. The standard InChI is InChI=1S/C26H37FN2O4S/c1-4-11-28(14-21(30)17-32-16-19(2)3)15-26(31)29-12-9-25-23(10-13-34-25)24(29)18-33-22-7-5-20(27)6-8-22/h5-8,10,13,19,21,24,30H,4,9,11-12,14-18H2,1-3H3/t21-,24+/m0/s1. The van der Waals surface area contributed by atoms with Gasteiger partial charge in [-0.25, -0.2) is 4.39 Å². The highest BCUT2D eigenvalue weighted by molar-refractivity contribution is 7.10. The molecular weight excluding hydrogens is 455 g/mol. The van der Waals surface area contributed by atoms with Crippen molar-refractivity contribution in [3.8, 4) is 5.75 Å². The molecule has 0 saturated heterocycles. The van der Waals surface area contributed by atoms with E-state index in [1.54, 1.807) is 23.5 Å². The van der Waals surface area contributed by atoms with Gasteiger partial charge in [-0.2, -0.15) is 0 Å². The van der Waals surface area contributed by atoms with E-state index in [0.29, 0.717) is 38.0 Å². The molecule has 0 spiro atoms. The van der Waals surface area contributed by atoms with Crippen molar-refractivity contribution in [1.82, 2.24) is 9.80 Å². The second-order valence-corrected chi connectivity index (χ2v) is 10.2. The van der Waals surface area contributed by atoms with Crippen LogP contribution in [0.5, 0.6) is 5.75 Å². The zero-order chi connectivity index (χ0) is 24.5. The van der Waals surface area contributed by atoms with Crippen LogP contribution in [-0.2, 0) is 16.0 Å². The number of fused-ring (bicyclic) bond motifs is 1. The Balaban J connectivity index is 1.64. The number of benzene rings is 1. The smallest absolute Gasteiger partial charge is 0.237 e. The summed E-state index contributed by atoms with van der Waals surface area (Å²) in [6.07, 6.45) is 1.07. The molecule has 1 aromatic heterocycles. The molecule has 0 unspecified atom stereocenters. The predicted octanol–water partition coefficient (Wildman–Crippen LogP) is 4.14. The van der Waals surface area contributed by atoms with Crippen molar-refractivity contribution in [3.63, 3.8) is 0 Å². The third-order valence-electron chi connectivity index (χ3n) is 5.77. The fraction of sp³-hybridized carbons (Fsp3) is 0.577. The van der Waals surface area contributed by atoms with Gasteiger partial charge < -0.3 is 19.5 Å². The van der Waals surface area contributed by atoms with Crippen LogP contribution < -0.4 is 4.74 Å². The molecule has 0 bridgehead atoms. The molecule has 6 nitrogen and oxygen atoms in total. The molecule has 1 aliphatic heterocycles. The Morgan fingerprint density at radius 1 is 1.26 bits per heavy atom. The number of nitrogens with zero attached hydrogens (tertiary/aromatic N) is 2. The van der Waals surface area contributed by atoms with Gasteiger partial charge in [-0.05, 0) is 66.6 Å². The van der Waals surface area contributed by atoms with Gasteiger partial charge in [-0.3, -0.25) is 9.69 Å². The van der Waals surface area contributed by atoms with Crippen molar-refractivity contribution in [2.24, 2.45) is 5.92 Å². The number of aliphatic hydroxyl groups is 1. The van der Waals surface area contributed by atoms with Gasteiger partial charge in [0, 0.05) is 24.6 Å². The van der Waals surface area contributed by atoms with Gasteiger partial charge in [0.1, 0.15) is 18.2 Å². The number of aliphatic hydroxyl groups excluding tert-OH is 1. The minimum Gasteiger partial charge on any atom is -0.491 e. The normalized spacial score (nSPS) is 16.7. The SMILES string of the molecule is CCCN(CC(=O)N1CCc2sccc2[C@H]1COc1ccc(F)cc1)C[C@H](O)COCC(C)C. The monoisotopic (exact) mass is 492 g/mol. The van der Waals surface area contributed by atoms with Gasteiger partial charge >= 0.3 is 0 Å². The fourth-order valence-electron chi connectivity index (χ4n) is 4.20. The molecule has 2 atom stereocenters. The molecule has 1 aliphatic rings. The van der Waals surface area contributed by atoms with E-state index in [1.165, 1.54) is 17.0 Å². The lowest BCUT2D eigenvalue weighted by atomic mass is 10.0. The first-order valence-corrected chi connectivity index (χ1v) is 13.0. The first-order chi connectivity index (χ1) is 16.4. The number of hydrogen-bond acceptors (Lipinski definition) is 6. The minimum absolute atomic E-state index is 0.0216. The summed E-state index contributed by atoms with van der Waals surface area (Å²) in [5.74, 6) is 0.701. The zero-order valence-electron chi connectivity index (χ0n) is 20.4. The summed E-state index contributed by atoms with van der Waals surface area (Å²) >= 11 is 1.71. The Morgan fingerprint density at radius 2 is 2.03 bits per heavy atom. The lowest BCUT2D eigenvalue weighted by Gasteiger charge is -2.37. The Labute approximate surface area is 206 Å². The molecule has 0 saturated carbocycles. The van der Waals surface area contributed by atoms with Crippen LogP contribution in [-0.4, -0.2) is 72.9 Å². The summed E-state index contributed by atoms with van der Waals surface area (Å²) in [7, 11) is 0. The maximum atomic E-state index is 13.4. The maximum Gasteiger partial charge on any atom is 0.237 e. The van der Waals surface area contributed by atoms with Gasteiger partial charge in [0.25, 0.3) is 0 Å². The molecule has 0 fully saturated rings.